The van der Waals surface area contributed by atoms with Gasteiger partial charge in [0.05, 0.1) is 16.8 Å². The molecule has 2 aromatic rings. The fraction of sp³-hybridized carbons (Fsp3) is 0.438. The van der Waals surface area contributed by atoms with E-state index in [1.807, 2.05) is 27.9 Å². The van der Waals surface area contributed by atoms with Crippen molar-refractivity contribution in [2.75, 3.05) is 6.54 Å². The van der Waals surface area contributed by atoms with E-state index in [0.29, 0.717) is 10.6 Å². The van der Waals surface area contributed by atoms with Gasteiger partial charge >= 0.3 is 0 Å². The minimum Gasteiger partial charge on any atom is -0.336 e. The zero-order chi connectivity index (χ0) is 15.4. The van der Waals surface area contributed by atoms with E-state index >= 15 is 0 Å². The van der Waals surface area contributed by atoms with Gasteiger partial charge in [-0.2, -0.15) is 0 Å². The van der Waals surface area contributed by atoms with Gasteiger partial charge in [0.1, 0.15) is 0 Å². The maximum atomic E-state index is 12.8. The van der Waals surface area contributed by atoms with Crippen molar-refractivity contribution in [3.63, 3.8) is 0 Å². The number of piperidine rings is 1. The lowest BCUT2D eigenvalue weighted by Gasteiger charge is -2.36. The van der Waals surface area contributed by atoms with Crippen LogP contribution in [0.15, 0.2) is 36.7 Å². The van der Waals surface area contributed by atoms with Gasteiger partial charge in [-0.25, -0.2) is 0 Å². The van der Waals surface area contributed by atoms with Gasteiger partial charge in [0, 0.05) is 25.3 Å². The van der Waals surface area contributed by atoms with Gasteiger partial charge in [-0.05, 0) is 37.8 Å². The Labute approximate surface area is 134 Å². The van der Waals surface area contributed by atoms with Gasteiger partial charge < -0.3 is 4.90 Å². The molecule has 0 bridgehead atoms. The van der Waals surface area contributed by atoms with Crippen LogP contribution < -0.4 is 0 Å². The Morgan fingerprint density at radius 2 is 2.18 bits per heavy atom. The second-order valence-corrected chi connectivity index (χ2v) is 5.99. The van der Waals surface area contributed by atoms with Crippen LogP contribution in [-0.2, 0) is 6.54 Å². The highest BCUT2D eigenvalue weighted by atomic mass is 35.5. The summed E-state index contributed by atoms with van der Waals surface area (Å²) in [7, 11) is 0. The van der Waals surface area contributed by atoms with Crippen molar-refractivity contribution in [1.82, 2.24) is 19.9 Å². The second-order valence-electron chi connectivity index (χ2n) is 5.58. The van der Waals surface area contributed by atoms with E-state index in [0.717, 1.165) is 38.8 Å². The zero-order valence-electron chi connectivity index (χ0n) is 12.4. The fourth-order valence-electron chi connectivity index (χ4n) is 2.99. The topological polar surface area (TPSA) is 51.0 Å². The van der Waals surface area contributed by atoms with Crippen LogP contribution in [0.1, 0.15) is 36.0 Å². The Kier molecular flexibility index (Phi) is 4.73. The molecular formula is C16H19ClN4O. The molecule has 1 aliphatic rings. The molecule has 1 aromatic heterocycles. The van der Waals surface area contributed by atoms with Crippen LogP contribution in [0.5, 0.6) is 0 Å². The van der Waals surface area contributed by atoms with Crippen LogP contribution in [0.4, 0.5) is 0 Å². The van der Waals surface area contributed by atoms with E-state index in [1.165, 1.54) is 0 Å². The van der Waals surface area contributed by atoms with Crippen molar-refractivity contribution >= 4 is 17.5 Å². The Morgan fingerprint density at radius 1 is 1.32 bits per heavy atom. The molecule has 1 atom stereocenters. The van der Waals surface area contributed by atoms with Gasteiger partial charge in [-0.3, -0.25) is 9.48 Å². The Bertz CT molecular complexity index is 629. The predicted molar refractivity (Wildman–Crippen MR) is 84.8 cm³/mol. The number of aryl methyl sites for hydroxylation is 1. The van der Waals surface area contributed by atoms with E-state index in [2.05, 4.69) is 10.3 Å². The van der Waals surface area contributed by atoms with Crippen molar-refractivity contribution in [3.8, 4) is 0 Å². The van der Waals surface area contributed by atoms with Gasteiger partial charge in [-0.15, -0.1) is 5.10 Å². The summed E-state index contributed by atoms with van der Waals surface area (Å²) in [5, 5.41) is 8.32. The number of halogens is 1. The summed E-state index contributed by atoms with van der Waals surface area (Å²) in [4.78, 5) is 14.8. The first-order chi connectivity index (χ1) is 10.8. The third-order valence-corrected chi connectivity index (χ3v) is 4.49. The number of hydrogen-bond donors (Lipinski definition) is 0. The van der Waals surface area contributed by atoms with E-state index in [4.69, 9.17) is 11.6 Å². The van der Waals surface area contributed by atoms with E-state index in [1.54, 1.807) is 18.3 Å². The summed E-state index contributed by atoms with van der Waals surface area (Å²) >= 11 is 6.17. The number of rotatable bonds is 4. The number of hydrogen-bond acceptors (Lipinski definition) is 3. The van der Waals surface area contributed by atoms with Crippen molar-refractivity contribution in [1.29, 1.82) is 0 Å². The Hall–Kier alpha value is -1.88. The molecule has 1 amide bonds. The molecule has 0 spiro atoms. The lowest BCUT2D eigenvalue weighted by molar-refractivity contribution is 0.0594. The van der Waals surface area contributed by atoms with E-state index < -0.39 is 0 Å². The average Bonchev–Trinajstić information content (AvgIpc) is 3.06. The molecule has 1 aliphatic heterocycles. The molecule has 1 unspecified atom stereocenters. The monoisotopic (exact) mass is 318 g/mol. The molecule has 0 saturated carbocycles. The van der Waals surface area contributed by atoms with Crippen molar-refractivity contribution in [2.24, 2.45) is 0 Å². The molecular weight excluding hydrogens is 300 g/mol. The molecule has 5 nitrogen and oxygen atoms in total. The molecule has 22 heavy (non-hydrogen) atoms. The van der Waals surface area contributed by atoms with Crippen LogP contribution in [-0.4, -0.2) is 38.4 Å². The number of nitrogens with zero attached hydrogens (tertiary/aromatic N) is 4. The minimum absolute atomic E-state index is 0.0360. The first kappa shape index (κ1) is 15.0. The molecule has 6 heteroatoms. The van der Waals surface area contributed by atoms with Crippen LogP contribution >= 0.6 is 11.6 Å². The number of likely N-dealkylation sites (tertiary alicyclic amines) is 1. The summed E-state index contributed by atoms with van der Waals surface area (Å²) in [6.45, 7) is 1.57. The number of carbonyl (C=O) groups is 1. The first-order valence-electron chi connectivity index (χ1n) is 7.65. The zero-order valence-corrected chi connectivity index (χ0v) is 13.1. The maximum absolute atomic E-state index is 12.8. The average molecular weight is 319 g/mol. The summed E-state index contributed by atoms with van der Waals surface area (Å²) < 4.78 is 1.81. The van der Waals surface area contributed by atoms with E-state index in [-0.39, 0.29) is 11.9 Å². The van der Waals surface area contributed by atoms with Crippen LogP contribution in [0.3, 0.4) is 0 Å². The lowest BCUT2D eigenvalue weighted by Crippen LogP contribution is -2.44. The lowest BCUT2D eigenvalue weighted by atomic mass is 9.98. The largest absolute Gasteiger partial charge is 0.336 e. The summed E-state index contributed by atoms with van der Waals surface area (Å²) in [6, 6.07) is 7.50. The molecule has 1 saturated heterocycles. The van der Waals surface area contributed by atoms with Gasteiger partial charge in [0.2, 0.25) is 0 Å². The third-order valence-electron chi connectivity index (χ3n) is 4.16. The normalized spacial score (nSPS) is 18.4. The summed E-state index contributed by atoms with van der Waals surface area (Å²) in [6.07, 6.45) is 7.66. The number of amides is 1. The van der Waals surface area contributed by atoms with Crippen LogP contribution in [0.2, 0.25) is 5.02 Å². The summed E-state index contributed by atoms with van der Waals surface area (Å²) in [5.41, 5.74) is 0.594. The number of benzene rings is 1. The minimum atomic E-state index is 0.0360. The highest BCUT2D eigenvalue weighted by molar-refractivity contribution is 6.33. The van der Waals surface area contributed by atoms with Crippen LogP contribution in [0, 0.1) is 0 Å². The maximum Gasteiger partial charge on any atom is 0.255 e. The highest BCUT2D eigenvalue weighted by Crippen LogP contribution is 2.25. The molecule has 1 fully saturated rings. The van der Waals surface area contributed by atoms with Gasteiger partial charge in [0.15, 0.2) is 0 Å². The molecule has 3 rings (SSSR count). The molecule has 1 aromatic carbocycles. The Balaban J connectivity index is 1.72. The van der Waals surface area contributed by atoms with Gasteiger partial charge in [0.25, 0.3) is 5.91 Å². The van der Waals surface area contributed by atoms with Gasteiger partial charge in [-0.1, -0.05) is 28.9 Å². The SMILES string of the molecule is O=C(c1ccccc1Cl)N1CCCCC1CCn1ccnn1. The quantitative estimate of drug-likeness (QED) is 0.870. The molecule has 116 valence electrons. The molecule has 0 N–H and O–H groups in total. The predicted octanol–water partition coefficient (Wildman–Crippen LogP) is 3.02. The molecule has 0 radical (unpaired) electrons. The third kappa shape index (κ3) is 3.30. The smallest absolute Gasteiger partial charge is 0.255 e. The van der Waals surface area contributed by atoms with Crippen molar-refractivity contribution in [2.45, 2.75) is 38.3 Å². The number of carbonyl (C=O) groups excluding carboxylic acids is 1. The number of aromatic nitrogens is 3. The van der Waals surface area contributed by atoms with Crippen LogP contribution in [0.25, 0.3) is 0 Å². The Morgan fingerprint density at radius 3 is 2.95 bits per heavy atom. The summed E-state index contributed by atoms with van der Waals surface area (Å²) in [5.74, 6) is 0.0360. The second kappa shape index (κ2) is 6.92. The fourth-order valence-corrected chi connectivity index (χ4v) is 3.21. The molecule has 2 heterocycles. The van der Waals surface area contributed by atoms with E-state index in [9.17, 15) is 4.79 Å². The highest BCUT2D eigenvalue weighted by Gasteiger charge is 2.28. The van der Waals surface area contributed by atoms with Crippen molar-refractivity contribution in [3.05, 3.63) is 47.2 Å². The van der Waals surface area contributed by atoms with Crippen molar-refractivity contribution < 1.29 is 4.79 Å². The standard InChI is InChI=1S/C16H19ClN4O/c17-15-7-2-1-6-14(15)16(22)21-10-4-3-5-13(21)8-11-20-12-9-18-19-20/h1-2,6-7,9,12-13H,3-5,8,10-11H2. The molecule has 0 aliphatic carbocycles. The first-order valence-corrected chi connectivity index (χ1v) is 8.03.